The number of carbonyl (C=O) groups is 4. The van der Waals surface area contributed by atoms with Crippen molar-refractivity contribution in [1.82, 2.24) is 19.8 Å². The Labute approximate surface area is 333 Å². The summed E-state index contributed by atoms with van der Waals surface area (Å²) >= 11 is 0. The molecule has 2 aromatic rings. The molecule has 0 saturated heterocycles. The molecule has 0 radical (unpaired) electrons. The van der Waals surface area contributed by atoms with Crippen molar-refractivity contribution < 1.29 is 28.7 Å². The molecule has 0 fully saturated rings. The minimum absolute atomic E-state index is 0.0398. The third kappa shape index (κ3) is 23.6. The summed E-state index contributed by atoms with van der Waals surface area (Å²) in [6, 6.07) is 10.5. The van der Waals surface area contributed by atoms with E-state index in [0.717, 1.165) is 61.5 Å². The molecule has 0 atom stereocenters. The molecule has 0 aliphatic carbocycles. The van der Waals surface area contributed by atoms with Crippen LogP contribution in [0.4, 0.5) is 10.6 Å². The van der Waals surface area contributed by atoms with Gasteiger partial charge in [0.25, 0.3) is 0 Å². The van der Waals surface area contributed by atoms with Crippen LogP contribution in [0.3, 0.4) is 0 Å². The predicted octanol–water partition coefficient (Wildman–Crippen LogP) is 7.55. The van der Waals surface area contributed by atoms with Crippen molar-refractivity contribution in [2.24, 2.45) is 0 Å². The smallest absolute Gasteiger partial charge is 0.413 e. The van der Waals surface area contributed by atoms with Crippen molar-refractivity contribution in [3.05, 3.63) is 58.6 Å². The number of methoxy groups -OCH3 is 1. The van der Waals surface area contributed by atoms with Gasteiger partial charge in [0, 0.05) is 38.5 Å². The third-order valence-electron chi connectivity index (χ3n) is 9.08. The number of benzene rings is 1. The minimum atomic E-state index is -0.788. The van der Waals surface area contributed by atoms with Crippen molar-refractivity contribution in [1.29, 1.82) is 0 Å². The summed E-state index contributed by atoms with van der Waals surface area (Å²) < 4.78 is 10.9. The van der Waals surface area contributed by atoms with Crippen LogP contribution in [-0.4, -0.2) is 65.1 Å². The fourth-order valence-corrected chi connectivity index (χ4v) is 5.78. The first kappa shape index (κ1) is 47.1. The lowest BCUT2D eigenvalue weighted by Crippen LogP contribution is -2.44. The Balaban J connectivity index is 1.56. The number of hydrogen-bond acceptors (Lipinski definition) is 8. The topological polar surface area (TPSA) is 149 Å². The van der Waals surface area contributed by atoms with E-state index in [-0.39, 0.29) is 38.0 Å². The van der Waals surface area contributed by atoms with Crippen LogP contribution in [0.1, 0.15) is 134 Å². The number of esters is 1. The molecule has 1 aromatic heterocycles. The normalized spacial score (nSPS) is 10.3. The molecule has 12 nitrogen and oxygen atoms in total. The van der Waals surface area contributed by atoms with Crippen molar-refractivity contribution in [3.8, 4) is 23.7 Å². The first-order chi connectivity index (χ1) is 27.3. The van der Waals surface area contributed by atoms with Gasteiger partial charge in [-0.2, -0.15) is 4.98 Å². The van der Waals surface area contributed by atoms with Crippen LogP contribution in [0.25, 0.3) is 0 Å². The van der Waals surface area contributed by atoms with Crippen LogP contribution in [0.5, 0.6) is 0 Å². The lowest BCUT2D eigenvalue weighted by atomic mass is 10.1. The second-order valence-corrected chi connectivity index (χ2v) is 13.8. The Kier molecular flexibility index (Phi) is 26.2. The van der Waals surface area contributed by atoms with E-state index in [0.29, 0.717) is 6.42 Å². The zero-order chi connectivity index (χ0) is 40.5. The molecule has 0 aliphatic rings. The Bertz CT molecular complexity index is 1620. The minimum Gasteiger partial charge on any atom is -0.468 e. The Hall–Kier alpha value is -5.10. The quantitative estimate of drug-likeness (QED) is 0.0512. The second-order valence-electron chi connectivity index (χ2n) is 13.8. The number of carbonyl (C=O) groups excluding carboxylic acids is 4. The van der Waals surface area contributed by atoms with E-state index < -0.39 is 30.2 Å². The molecule has 0 aliphatic heterocycles. The number of anilines is 1. The van der Waals surface area contributed by atoms with Gasteiger partial charge >= 0.3 is 17.8 Å². The highest BCUT2D eigenvalue weighted by Crippen LogP contribution is 2.11. The first-order valence-corrected chi connectivity index (χ1v) is 20.4. The molecular weight excluding hydrogens is 711 g/mol. The zero-order valence-electron chi connectivity index (χ0n) is 33.7. The lowest BCUT2D eigenvalue weighted by molar-refractivity contribution is -0.147. The second kappa shape index (κ2) is 31.1. The summed E-state index contributed by atoms with van der Waals surface area (Å²) in [5.74, 6) is 11.0. The van der Waals surface area contributed by atoms with Crippen LogP contribution >= 0.6 is 0 Å². The number of hydrogen-bond donors (Lipinski definition) is 2. The van der Waals surface area contributed by atoms with E-state index in [2.05, 4.69) is 46.2 Å². The van der Waals surface area contributed by atoms with Crippen LogP contribution < -0.4 is 16.3 Å². The highest BCUT2D eigenvalue weighted by molar-refractivity contribution is 5.83. The highest BCUT2D eigenvalue weighted by atomic mass is 16.5. The molecule has 0 unspecified atom stereocenters. The SMILES string of the molecule is CCCCCCCCCCCCC#CC#CCCCCCCCCC(=O)NCCN(CC(=O)OC)C(=O)Cn1ccc(NC(=O)OCc2ccccc2)nc1=O. The maximum atomic E-state index is 13.1. The highest BCUT2D eigenvalue weighted by Gasteiger charge is 2.19. The molecule has 0 spiro atoms. The number of amides is 3. The van der Waals surface area contributed by atoms with Gasteiger partial charge in [0.2, 0.25) is 11.8 Å². The number of aromatic nitrogens is 2. The molecule has 0 bridgehead atoms. The van der Waals surface area contributed by atoms with E-state index in [1.807, 2.05) is 18.2 Å². The van der Waals surface area contributed by atoms with Crippen molar-refractivity contribution in [2.75, 3.05) is 32.1 Å². The van der Waals surface area contributed by atoms with Gasteiger partial charge in [-0.05, 0) is 42.7 Å². The number of unbranched alkanes of at least 4 members (excludes halogenated alkanes) is 16. The van der Waals surface area contributed by atoms with Crippen LogP contribution in [0.15, 0.2) is 47.4 Å². The van der Waals surface area contributed by atoms with E-state index in [1.54, 1.807) is 12.1 Å². The van der Waals surface area contributed by atoms with Gasteiger partial charge in [0.1, 0.15) is 25.5 Å². The van der Waals surface area contributed by atoms with Gasteiger partial charge in [-0.25, -0.2) is 9.59 Å². The number of nitrogens with one attached hydrogen (secondary N) is 2. The average molecular weight is 774 g/mol. The van der Waals surface area contributed by atoms with E-state index >= 15 is 0 Å². The fraction of sp³-hybridized carbons (Fsp3) is 0.591. The molecule has 56 heavy (non-hydrogen) atoms. The van der Waals surface area contributed by atoms with Gasteiger partial charge in [-0.1, -0.05) is 133 Å². The first-order valence-electron chi connectivity index (χ1n) is 20.4. The van der Waals surface area contributed by atoms with E-state index in [4.69, 9.17) is 9.47 Å². The molecule has 2 rings (SSSR count). The molecule has 3 amide bonds. The van der Waals surface area contributed by atoms with Gasteiger partial charge in [-0.15, -0.1) is 0 Å². The molecule has 1 heterocycles. The molecule has 306 valence electrons. The summed E-state index contributed by atoms with van der Waals surface area (Å²) in [6.07, 6.45) is 22.0. The van der Waals surface area contributed by atoms with Crippen molar-refractivity contribution in [3.63, 3.8) is 0 Å². The third-order valence-corrected chi connectivity index (χ3v) is 9.08. The summed E-state index contributed by atoms with van der Waals surface area (Å²) in [4.78, 5) is 67.2. The maximum Gasteiger partial charge on any atom is 0.413 e. The monoisotopic (exact) mass is 773 g/mol. The van der Waals surface area contributed by atoms with Gasteiger partial charge in [0.05, 0.1) is 7.11 Å². The van der Waals surface area contributed by atoms with Crippen molar-refractivity contribution >= 4 is 29.7 Å². The standard InChI is InChI=1S/C44H63N5O7/c1-3-4-5-6-7-8-9-10-11-12-13-14-15-16-17-18-19-20-21-22-23-27-30-40(50)45-32-34-48(36-42(52)55-2)41(51)35-49-33-31-39(46-43(49)53)47-44(54)56-37-38-28-25-24-26-29-38/h24-26,28-29,31,33H,3-13,18-23,27,30,32,34-37H2,1-2H3,(H,45,50)(H,46,47,53,54). The zero-order valence-corrected chi connectivity index (χ0v) is 33.7. The van der Waals surface area contributed by atoms with E-state index in [9.17, 15) is 24.0 Å². The predicted molar refractivity (Wildman–Crippen MR) is 219 cm³/mol. The fourth-order valence-electron chi connectivity index (χ4n) is 5.78. The summed E-state index contributed by atoms with van der Waals surface area (Å²) in [7, 11) is 1.21. The largest absolute Gasteiger partial charge is 0.468 e. The molecular formula is C44H63N5O7. The number of nitrogens with zero attached hydrogens (tertiary/aromatic N) is 3. The molecule has 12 heteroatoms. The van der Waals surface area contributed by atoms with Gasteiger partial charge in [0.15, 0.2) is 0 Å². The molecule has 2 N–H and O–H groups in total. The molecule has 1 aromatic carbocycles. The van der Waals surface area contributed by atoms with Gasteiger partial charge < -0.3 is 19.7 Å². The van der Waals surface area contributed by atoms with Gasteiger partial charge in [-0.3, -0.25) is 24.3 Å². The number of ether oxygens (including phenoxy) is 2. The summed E-state index contributed by atoms with van der Waals surface area (Å²) in [5, 5.41) is 5.19. The number of rotatable bonds is 28. The lowest BCUT2D eigenvalue weighted by Gasteiger charge is -2.22. The maximum absolute atomic E-state index is 13.1. The summed E-state index contributed by atoms with van der Waals surface area (Å²) in [6.45, 7) is 1.72. The average Bonchev–Trinajstić information content (AvgIpc) is 3.20. The summed E-state index contributed by atoms with van der Waals surface area (Å²) in [5.41, 5.74) is 0.0139. The Morgan fingerprint density at radius 3 is 1.96 bits per heavy atom. The van der Waals surface area contributed by atoms with Crippen LogP contribution in [-0.2, 0) is 37.0 Å². The Morgan fingerprint density at radius 1 is 0.786 bits per heavy atom. The Morgan fingerprint density at radius 2 is 1.38 bits per heavy atom. The van der Waals surface area contributed by atoms with Crippen LogP contribution in [0.2, 0.25) is 0 Å². The molecule has 0 saturated carbocycles. The van der Waals surface area contributed by atoms with Crippen molar-refractivity contribution in [2.45, 2.75) is 142 Å². The van der Waals surface area contributed by atoms with E-state index in [1.165, 1.54) is 88.5 Å². The van der Waals surface area contributed by atoms with Crippen LogP contribution in [0, 0.1) is 23.7 Å².